The Morgan fingerprint density at radius 3 is 2.59 bits per heavy atom. The van der Waals surface area contributed by atoms with Crippen LogP contribution in [0.25, 0.3) is 11.3 Å². The summed E-state index contributed by atoms with van der Waals surface area (Å²) in [4.78, 5) is 0. The van der Waals surface area contributed by atoms with E-state index < -0.39 is 6.10 Å². The molecule has 0 bridgehead atoms. The first kappa shape index (κ1) is 16.0. The largest absolute Gasteiger partial charge is 0.387 e. The van der Waals surface area contributed by atoms with Crippen molar-refractivity contribution in [1.29, 1.82) is 0 Å². The Balaban J connectivity index is 2.32. The minimum Gasteiger partial charge on any atom is -0.387 e. The van der Waals surface area contributed by atoms with E-state index in [9.17, 15) is 5.11 Å². The van der Waals surface area contributed by atoms with Crippen molar-refractivity contribution in [2.75, 3.05) is 5.73 Å². The lowest BCUT2D eigenvalue weighted by atomic mass is 10.1. The highest BCUT2D eigenvalue weighted by molar-refractivity contribution is 5.68. The van der Waals surface area contributed by atoms with Gasteiger partial charge in [0.25, 0.3) is 0 Å². The number of aryl methyl sites for hydroxylation is 1. The molecule has 1 heterocycles. The predicted molar refractivity (Wildman–Crippen MR) is 91.5 cm³/mol. The summed E-state index contributed by atoms with van der Waals surface area (Å²) in [6, 6.07) is 8.17. The lowest BCUT2D eigenvalue weighted by Gasteiger charge is -2.12. The lowest BCUT2D eigenvalue weighted by molar-refractivity contribution is 0.185. The third-order valence-corrected chi connectivity index (χ3v) is 3.82. The Hall–Kier alpha value is -2.33. The molecule has 1 aromatic heterocycles. The van der Waals surface area contributed by atoms with E-state index in [0.29, 0.717) is 12.4 Å². The number of anilines is 1. The van der Waals surface area contributed by atoms with Gasteiger partial charge in [0.1, 0.15) is 5.82 Å². The van der Waals surface area contributed by atoms with Crippen LogP contribution in [-0.4, -0.2) is 21.0 Å². The molecular weight excluding hydrogens is 274 g/mol. The molecule has 0 spiro atoms. The molecule has 0 saturated carbocycles. The van der Waals surface area contributed by atoms with Crippen molar-refractivity contribution in [1.82, 2.24) is 9.78 Å². The van der Waals surface area contributed by atoms with Gasteiger partial charge in [0, 0.05) is 11.1 Å². The smallest absolute Gasteiger partial charge is 0.125 e. The number of aliphatic hydroxyl groups excluding tert-OH is 1. The SMILES string of the molecule is C=C/C=C(\C)C(O)Cn1nc(-c2ccc(C)cc2)c(C)c1N. The standard InChI is InChI=1S/C18H23N3O/c1-5-6-13(3)16(22)11-21-18(19)14(4)17(20-21)15-9-7-12(2)8-10-15/h5-10,16,22H,1,11,19H2,2-4H3/b13-6+. The molecule has 1 aromatic carbocycles. The summed E-state index contributed by atoms with van der Waals surface area (Å²) in [5.74, 6) is 0.584. The van der Waals surface area contributed by atoms with E-state index in [1.54, 1.807) is 16.8 Å². The van der Waals surface area contributed by atoms with Gasteiger partial charge in [-0.05, 0) is 26.3 Å². The van der Waals surface area contributed by atoms with Gasteiger partial charge in [-0.3, -0.25) is 0 Å². The Bertz CT molecular complexity index is 696. The normalized spacial score (nSPS) is 13.2. The fraction of sp³-hybridized carbons (Fsp3) is 0.278. The number of nitrogens with two attached hydrogens (primary N) is 1. The van der Waals surface area contributed by atoms with Gasteiger partial charge in [0.15, 0.2) is 0 Å². The maximum atomic E-state index is 10.2. The minimum absolute atomic E-state index is 0.328. The van der Waals surface area contributed by atoms with Gasteiger partial charge >= 0.3 is 0 Å². The molecule has 22 heavy (non-hydrogen) atoms. The fourth-order valence-corrected chi connectivity index (χ4v) is 2.29. The summed E-state index contributed by atoms with van der Waals surface area (Å²) >= 11 is 0. The first-order valence-corrected chi connectivity index (χ1v) is 7.31. The van der Waals surface area contributed by atoms with Gasteiger partial charge in [0.2, 0.25) is 0 Å². The van der Waals surface area contributed by atoms with Gasteiger partial charge in [-0.15, -0.1) is 0 Å². The van der Waals surface area contributed by atoms with Gasteiger partial charge in [0.05, 0.1) is 18.3 Å². The van der Waals surface area contributed by atoms with Crippen LogP contribution in [-0.2, 0) is 6.54 Å². The molecule has 4 nitrogen and oxygen atoms in total. The molecular formula is C18H23N3O. The maximum absolute atomic E-state index is 10.2. The van der Waals surface area contributed by atoms with E-state index in [-0.39, 0.29) is 0 Å². The number of nitrogen functional groups attached to an aromatic ring is 1. The second-order valence-electron chi connectivity index (χ2n) is 5.57. The number of nitrogens with zero attached hydrogens (tertiary/aromatic N) is 2. The summed E-state index contributed by atoms with van der Waals surface area (Å²) in [6.07, 6.45) is 2.82. The first-order valence-electron chi connectivity index (χ1n) is 7.31. The van der Waals surface area contributed by atoms with E-state index in [4.69, 9.17) is 5.73 Å². The van der Waals surface area contributed by atoms with E-state index in [2.05, 4.69) is 30.7 Å². The molecule has 0 radical (unpaired) electrons. The molecule has 2 rings (SSSR count). The van der Waals surface area contributed by atoms with Crippen LogP contribution in [0, 0.1) is 13.8 Å². The van der Waals surface area contributed by atoms with Gasteiger partial charge in [-0.1, -0.05) is 48.6 Å². The van der Waals surface area contributed by atoms with E-state index >= 15 is 0 Å². The van der Waals surface area contributed by atoms with Crippen molar-refractivity contribution in [3.8, 4) is 11.3 Å². The third kappa shape index (κ3) is 3.28. The van der Waals surface area contributed by atoms with Crippen molar-refractivity contribution in [2.45, 2.75) is 33.4 Å². The summed E-state index contributed by atoms with van der Waals surface area (Å²) in [5.41, 5.74) is 11.0. The van der Waals surface area contributed by atoms with Crippen LogP contribution in [0.4, 0.5) is 5.82 Å². The van der Waals surface area contributed by atoms with E-state index in [1.807, 2.05) is 26.0 Å². The summed E-state index contributed by atoms with van der Waals surface area (Å²) in [6.45, 7) is 9.83. The highest BCUT2D eigenvalue weighted by atomic mass is 16.3. The van der Waals surface area contributed by atoms with Crippen molar-refractivity contribution >= 4 is 5.82 Å². The van der Waals surface area contributed by atoms with Crippen molar-refractivity contribution in [2.24, 2.45) is 0 Å². The Morgan fingerprint density at radius 2 is 2.00 bits per heavy atom. The van der Waals surface area contributed by atoms with Crippen LogP contribution in [0.3, 0.4) is 0 Å². The van der Waals surface area contributed by atoms with Gasteiger partial charge in [-0.2, -0.15) is 5.10 Å². The molecule has 0 aliphatic carbocycles. The topological polar surface area (TPSA) is 64.1 Å². The number of aromatic nitrogens is 2. The second-order valence-corrected chi connectivity index (χ2v) is 5.57. The zero-order valence-electron chi connectivity index (χ0n) is 13.4. The third-order valence-electron chi connectivity index (χ3n) is 3.82. The predicted octanol–water partition coefficient (Wildman–Crippen LogP) is 3.24. The molecule has 0 aliphatic heterocycles. The Labute approximate surface area is 131 Å². The number of hydrogen-bond acceptors (Lipinski definition) is 3. The molecule has 2 aromatic rings. The van der Waals surface area contributed by atoms with Crippen LogP contribution < -0.4 is 5.73 Å². The fourth-order valence-electron chi connectivity index (χ4n) is 2.29. The van der Waals surface area contributed by atoms with Crippen molar-refractivity contribution < 1.29 is 5.11 Å². The lowest BCUT2D eigenvalue weighted by Crippen LogP contribution is -2.19. The zero-order valence-corrected chi connectivity index (χ0v) is 13.4. The average molecular weight is 297 g/mol. The number of rotatable bonds is 5. The number of hydrogen-bond donors (Lipinski definition) is 2. The van der Waals surface area contributed by atoms with Crippen molar-refractivity contribution in [3.05, 3.63) is 59.7 Å². The number of aliphatic hydroxyl groups is 1. The van der Waals surface area contributed by atoms with Crippen LogP contribution in [0.1, 0.15) is 18.1 Å². The molecule has 0 amide bonds. The minimum atomic E-state index is -0.634. The summed E-state index contributed by atoms with van der Waals surface area (Å²) in [7, 11) is 0. The molecule has 0 fully saturated rings. The zero-order chi connectivity index (χ0) is 16.3. The van der Waals surface area contributed by atoms with Crippen LogP contribution in [0.5, 0.6) is 0 Å². The maximum Gasteiger partial charge on any atom is 0.125 e. The van der Waals surface area contributed by atoms with E-state index in [1.165, 1.54) is 5.56 Å². The van der Waals surface area contributed by atoms with Crippen LogP contribution >= 0.6 is 0 Å². The number of allylic oxidation sites excluding steroid dienone is 2. The summed E-state index contributed by atoms with van der Waals surface area (Å²) < 4.78 is 1.66. The quantitative estimate of drug-likeness (QED) is 0.833. The van der Waals surface area contributed by atoms with Crippen molar-refractivity contribution in [3.63, 3.8) is 0 Å². The Morgan fingerprint density at radius 1 is 1.36 bits per heavy atom. The van der Waals surface area contributed by atoms with E-state index in [0.717, 1.165) is 22.4 Å². The second kappa shape index (κ2) is 6.62. The van der Waals surface area contributed by atoms with Gasteiger partial charge < -0.3 is 10.8 Å². The van der Waals surface area contributed by atoms with Crippen LogP contribution in [0.2, 0.25) is 0 Å². The molecule has 3 N–H and O–H groups in total. The molecule has 4 heteroatoms. The molecule has 1 atom stereocenters. The summed E-state index contributed by atoms with van der Waals surface area (Å²) in [5, 5.41) is 14.8. The highest BCUT2D eigenvalue weighted by Crippen LogP contribution is 2.27. The first-order chi connectivity index (χ1) is 10.4. The number of benzene rings is 1. The molecule has 0 saturated heterocycles. The molecule has 1 unspecified atom stereocenters. The monoisotopic (exact) mass is 297 g/mol. The average Bonchev–Trinajstić information content (AvgIpc) is 2.77. The van der Waals surface area contributed by atoms with Gasteiger partial charge in [-0.25, -0.2) is 4.68 Å². The Kier molecular flexibility index (Phi) is 4.83. The highest BCUT2D eigenvalue weighted by Gasteiger charge is 2.16. The van der Waals surface area contributed by atoms with Crippen LogP contribution in [0.15, 0.2) is 48.6 Å². The molecule has 0 aliphatic rings. The molecule has 116 valence electrons.